The number of nitrogens with one attached hydrogen (secondary N) is 1. The molecule has 0 fully saturated rings. The van der Waals surface area contributed by atoms with Crippen molar-refractivity contribution in [3.8, 4) is 0 Å². The molecule has 1 aromatic heterocycles. The molecule has 3 heterocycles. The molecular formula is C26H38N2O2S. The molecule has 2 aliphatic heterocycles. The van der Waals surface area contributed by atoms with Gasteiger partial charge in [0.15, 0.2) is 0 Å². The van der Waals surface area contributed by atoms with Crippen molar-refractivity contribution in [2.75, 3.05) is 6.54 Å². The highest BCUT2D eigenvalue weighted by Gasteiger charge is 2.47. The lowest BCUT2D eigenvalue weighted by Gasteiger charge is -2.24. The summed E-state index contributed by atoms with van der Waals surface area (Å²) in [6.07, 6.45) is 7.02. The van der Waals surface area contributed by atoms with Crippen LogP contribution in [0.5, 0.6) is 0 Å². The molecule has 0 spiro atoms. The predicted molar refractivity (Wildman–Crippen MR) is 130 cm³/mol. The van der Waals surface area contributed by atoms with Gasteiger partial charge >= 0.3 is 0 Å². The summed E-state index contributed by atoms with van der Waals surface area (Å²) in [5, 5.41) is 3.01. The Bertz CT molecular complexity index is 922. The Morgan fingerprint density at radius 1 is 0.871 bits per heavy atom. The summed E-state index contributed by atoms with van der Waals surface area (Å²) in [5.41, 5.74) is 2.47. The summed E-state index contributed by atoms with van der Waals surface area (Å²) in [6.45, 7) is 15.6. The van der Waals surface area contributed by atoms with Crippen LogP contribution < -0.4 is 5.32 Å². The van der Waals surface area contributed by atoms with E-state index >= 15 is 0 Å². The molecule has 31 heavy (non-hydrogen) atoms. The minimum Gasteiger partial charge on any atom is -0.324 e. The Morgan fingerprint density at radius 2 is 1.52 bits per heavy atom. The van der Waals surface area contributed by atoms with E-state index in [0.29, 0.717) is 17.7 Å². The molecule has 2 aliphatic rings. The molecule has 0 atom stereocenters. The Balaban J connectivity index is 1.98. The molecular weight excluding hydrogens is 404 g/mol. The third-order valence-corrected chi connectivity index (χ3v) is 7.51. The fraction of sp³-hybridized carbons (Fsp3) is 0.615. The van der Waals surface area contributed by atoms with Crippen molar-refractivity contribution in [2.24, 2.45) is 5.41 Å². The second-order valence-electron chi connectivity index (χ2n) is 10.8. The van der Waals surface area contributed by atoms with Crippen molar-refractivity contribution in [1.82, 2.24) is 10.2 Å². The molecule has 3 rings (SSSR count). The fourth-order valence-corrected chi connectivity index (χ4v) is 5.36. The van der Waals surface area contributed by atoms with Gasteiger partial charge in [-0.3, -0.25) is 9.59 Å². The van der Waals surface area contributed by atoms with Crippen LogP contribution in [0.4, 0.5) is 0 Å². The van der Waals surface area contributed by atoms with E-state index < -0.39 is 0 Å². The van der Waals surface area contributed by atoms with Crippen LogP contribution in [-0.4, -0.2) is 23.3 Å². The van der Waals surface area contributed by atoms with E-state index in [1.54, 1.807) is 11.3 Å². The van der Waals surface area contributed by atoms with E-state index in [1.807, 2.05) is 25.7 Å². The maximum atomic E-state index is 13.6. The van der Waals surface area contributed by atoms with E-state index in [4.69, 9.17) is 0 Å². The minimum atomic E-state index is -0.296. The Morgan fingerprint density at radius 3 is 2.10 bits per heavy atom. The summed E-state index contributed by atoms with van der Waals surface area (Å²) in [6, 6.07) is 4.22. The molecule has 170 valence electrons. The number of carbonyl (C=O) groups is 2. The van der Waals surface area contributed by atoms with Gasteiger partial charge in [0, 0.05) is 22.5 Å². The van der Waals surface area contributed by atoms with E-state index in [1.165, 1.54) is 30.6 Å². The summed E-state index contributed by atoms with van der Waals surface area (Å²) in [7, 11) is 0. The second-order valence-corrected chi connectivity index (χ2v) is 11.9. The smallest absolute Gasteiger partial charge is 0.261 e. The molecule has 2 amide bonds. The zero-order chi connectivity index (χ0) is 23.0. The van der Waals surface area contributed by atoms with E-state index in [2.05, 4.69) is 45.1 Å². The molecule has 1 N–H and O–H groups in total. The van der Waals surface area contributed by atoms with Gasteiger partial charge in [-0.2, -0.15) is 0 Å². The highest BCUT2D eigenvalue weighted by Crippen LogP contribution is 2.46. The van der Waals surface area contributed by atoms with Crippen LogP contribution in [-0.2, 0) is 15.0 Å². The quantitative estimate of drug-likeness (QED) is 0.474. The fourth-order valence-electron chi connectivity index (χ4n) is 4.24. The van der Waals surface area contributed by atoms with Gasteiger partial charge in [0.1, 0.15) is 0 Å². The topological polar surface area (TPSA) is 49.4 Å². The lowest BCUT2D eigenvalue weighted by atomic mass is 9.89. The van der Waals surface area contributed by atoms with Crippen molar-refractivity contribution >= 4 is 28.8 Å². The van der Waals surface area contributed by atoms with Crippen molar-refractivity contribution in [3.63, 3.8) is 0 Å². The normalized spacial score (nSPS) is 17.2. The lowest BCUT2D eigenvalue weighted by Crippen LogP contribution is -2.31. The number of thiophene rings is 1. The molecule has 0 aliphatic carbocycles. The zero-order valence-electron chi connectivity index (χ0n) is 20.3. The zero-order valence-corrected chi connectivity index (χ0v) is 21.1. The van der Waals surface area contributed by atoms with Crippen LogP contribution in [0.1, 0.15) is 96.7 Å². The first-order chi connectivity index (χ1) is 14.5. The maximum Gasteiger partial charge on any atom is 0.261 e. The van der Waals surface area contributed by atoms with Crippen LogP contribution in [0.2, 0.25) is 0 Å². The Labute approximate surface area is 191 Å². The van der Waals surface area contributed by atoms with Gasteiger partial charge in [-0.1, -0.05) is 80.6 Å². The summed E-state index contributed by atoms with van der Waals surface area (Å²) in [5.74, 6) is -0.160. The number of rotatable bonds is 8. The highest BCUT2D eigenvalue weighted by molar-refractivity contribution is 7.13. The standard InChI is InChI=1S/C26H38N2O2S/c1-8-9-10-11-12-13-16-28-21(17-14-15-18(31-17)25(2,3)4)19-20(24(28)30)22(26(5,6)7)27-23(19)29/h14-15H,8-13,16H2,1-7H3,(H,27,29). The molecule has 4 nitrogen and oxygen atoms in total. The maximum absolute atomic E-state index is 13.6. The lowest BCUT2D eigenvalue weighted by molar-refractivity contribution is -0.123. The van der Waals surface area contributed by atoms with Gasteiger partial charge in [0.2, 0.25) is 0 Å². The van der Waals surface area contributed by atoms with Crippen LogP contribution in [0.15, 0.2) is 29.0 Å². The monoisotopic (exact) mass is 442 g/mol. The van der Waals surface area contributed by atoms with E-state index in [9.17, 15) is 9.59 Å². The minimum absolute atomic E-state index is 0.0208. The molecule has 0 aromatic carbocycles. The van der Waals surface area contributed by atoms with Crippen molar-refractivity contribution < 1.29 is 9.59 Å². The number of hydrogen-bond acceptors (Lipinski definition) is 3. The van der Waals surface area contributed by atoms with Crippen molar-refractivity contribution in [2.45, 2.75) is 92.4 Å². The number of allylic oxidation sites excluding steroid dienone is 1. The number of amides is 2. The average Bonchev–Trinajstić information content (AvgIpc) is 3.34. The third kappa shape index (κ3) is 4.82. The van der Waals surface area contributed by atoms with Gasteiger partial charge in [-0.15, -0.1) is 11.3 Å². The van der Waals surface area contributed by atoms with Gasteiger partial charge in [-0.25, -0.2) is 0 Å². The van der Waals surface area contributed by atoms with Gasteiger partial charge in [-0.05, 0) is 24.0 Å². The second kappa shape index (κ2) is 8.93. The van der Waals surface area contributed by atoms with Gasteiger partial charge in [0.05, 0.1) is 21.7 Å². The number of fused-ring (bicyclic) bond motifs is 1. The SMILES string of the molecule is CCCCCCCCN1C(=O)C2=C(C(C)(C)C)NC(=O)C2=C1c1ccc(C(C)(C)C)s1. The molecule has 0 unspecified atom stereocenters. The molecule has 0 bridgehead atoms. The van der Waals surface area contributed by atoms with Crippen molar-refractivity contribution in [3.05, 3.63) is 38.7 Å². The summed E-state index contributed by atoms with van der Waals surface area (Å²) < 4.78 is 0. The Hall–Kier alpha value is -1.88. The molecule has 0 saturated heterocycles. The number of hydrogen-bond donors (Lipinski definition) is 1. The summed E-state index contributed by atoms with van der Waals surface area (Å²) in [4.78, 5) is 30.8. The number of carbonyl (C=O) groups excluding carboxylic acids is 2. The molecule has 0 saturated carbocycles. The highest BCUT2D eigenvalue weighted by atomic mass is 32.1. The molecule has 5 heteroatoms. The number of nitrogens with zero attached hydrogens (tertiary/aromatic N) is 1. The van der Waals surface area contributed by atoms with Crippen molar-refractivity contribution in [1.29, 1.82) is 0 Å². The first-order valence-electron chi connectivity index (χ1n) is 11.7. The van der Waals surface area contributed by atoms with Gasteiger partial charge < -0.3 is 10.2 Å². The first-order valence-corrected chi connectivity index (χ1v) is 12.5. The predicted octanol–water partition coefficient (Wildman–Crippen LogP) is 6.39. The van der Waals surface area contributed by atoms with E-state index in [-0.39, 0.29) is 22.6 Å². The van der Waals surface area contributed by atoms with Crippen LogP contribution in [0, 0.1) is 5.41 Å². The third-order valence-electron chi connectivity index (χ3n) is 6.00. The summed E-state index contributed by atoms with van der Waals surface area (Å²) >= 11 is 1.70. The van der Waals surface area contributed by atoms with Crippen LogP contribution in [0.3, 0.4) is 0 Å². The Kier molecular flexibility index (Phi) is 6.85. The molecule has 1 aromatic rings. The average molecular weight is 443 g/mol. The van der Waals surface area contributed by atoms with Gasteiger partial charge in [0.25, 0.3) is 11.8 Å². The molecule has 0 radical (unpaired) electrons. The number of unbranched alkanes of at least 4 members (excludes halogenated alkanes) is 5. The van der Waals surface area contributed by atoms with Crippen LogP contribution in [0.25, 0.3) is 5.70 Å². The van der Waals surface area contributed by atoms with Crippen LogP contribution >= 0.6 is 11.3 Å². The largest absolute Gasteiger partial charge is 0.324 e. The van der Waals surface area contributed by atoms with E-state index in [0.717, 1.165) is 29.1 Å². The first kappa shape index (κ1) is 23.8.